The third-order valence-electron chi connectivity index (χ3n) is 4.99. The molecule has 3 rings (SSSR count). The van der Waals surface area contributed by atoms with E-state index in [4.69, 9.17) is 0 Å². The van der Waals surface area contributed by atoms with E-state index >= 15 is 0 Å². The molecule has 0 spiro atoms. The van der Waals surface area contributed by atoms with Crippen LogP contribution < -0.4 is 4.90 Å². The van der Waals surface area contributed by atoms with Crippen molar-refractivity contribution in [3.63, 3.8) is 0 Å². The largest absolute Gasteiger partial charge is 0.366 e. The Balaban J connectivity index is 1.59. The Kier molecular flexibility index (Phi) is 5.29. The summed E-state index contributed by atoms with van der Waals surface area (Å²) in [6.07, 6.45) is 2.62. The molecule has 1 aromatic rings. The number of halogens is 1. The van der Waals surface area contributed by atoms with Crippen LogP contribution in [-0.4, -0.2) is 69.1 Å². The van der Waals surface area contributed by atoms with Crippen molar-refractivity contribution in [3.05, 3.63) is 30.1 Å². The summed E-state index contributed by atoms with van der Waals surface area (Å²) in [5.41, 5.74) is 0.565. The maximum Gasteiger partial charge on any atom is 0.227 e. The number of para-hydroxylation sites is 1. The lowest BCUT2D eigenvalue weighted by Gasteiger charge is -2.39. The van der Waals surface area contributed by atoms with Crippen LogP contribution in [0, 0.1) is 11.7 Å². The second kappa shape index (κ2) is 7.29. The van der Waals surface area contributed by atoms with E-state index in [1.165, 1.54) is 16.6 Å². The summed E-state index contributed by atoms with van der Waals surface area (Å²) in [4.78, 5) is 16.5. The van der Waals surface area contributed by atoms with Gasteiger partial charge < -0.3 is 9.80 Å². The number of piperazine rings is 1. The molecule has 0 N–H and O–H groups in total. The Morgan fingerprint density at radius 2 is 1.80 bits per heavy atom. The number of nitrogens with zero attached hydrogens (tertiary/aromatic N) is 3. The number of hydrogen-bond donors (Lipinski definition) is 0. The molecule has 2 aliphatic rings. The molecule has 2 aliphatic heterocycles. The predicted octanol–water partition coefficient (Wildman–Crippen LogP) is 1.15. The van der Waals surface area contributed by atoms with Gasteiger partial charge in [0.25, 0.3) is 0 Å². The number of piperidine rings is 1. The Hall–Kier alpha value is -1.67. The second-order valence-corrected chi connectivity index (χ2v) is 8.71. The number of benzene rings is 1. The van der Waals surface area contributed by atoms with E-state index in [9.17, 15) is 17.6 Å². The molecular formula is C17H24FN3O3S. The molecule has 1 aromatic carbocycles. The molecule has 8 heteroatoms. The van der Waals surface area contributed by atoms with Crippen LogP contribution in [0.25, 0.3) is 0 Å². The van der Waals surface area contributed by atoms with Gasteiger partial charge in [-0.15, -0.1) is 0 Å². The van der Waals surface area contributed by atoms with E-state index in [1.807, 2.05) is 4.90 Å². The van der Waals surface area contributed by atoms with Gasteiger partial charge in [-0.2, -0.15) is 0 Å². The zero-order valence-electron chi connectivity index (χ0n) is 14.4. The number of anilines is 1. The Bertz CT molecular complexity index is 732. The molecule has 138 valence electrons. The van der Waals surface area contributed by atoms with Crippen molar-refractivity contribution < 1.29 is 17.6 Å². The number of amides is 1. The summed E-state index contributed by atoms with van der Waals surface area (Å²) >= 11 is 0. The van der Waals surface area contributed by atoms with E-state index in [0.29, 0.717) is 44.8 Å². The Morgan fingerprint density at radius 3 is 2.44 bits per heavy atom. The van der Waals surface area contributed by atoms with Gasteiger partial charge >= 0.3 is 0 Å². The first-order valence-corrected chi connectivity index (χ1v) is 10.4. The van der Waals surface area contributed by atoms with Gasteiger partial charge in [-0.1, -0.05) is 12.1 Å². The highest BCUT2D eigenvalue weighted by Gasteiger charge is 2.33. The van der Waals surface area contributed by atoms with Crippen LogP contribution in [0.2, 0.25) is 0 Å². The van der Waals surface area contributed by atoms with Crippen molar-refractivity contribution >= 4 is 21.6 Å². The summed E-state index contributed by atoms with van der Waals surface area (Å²) in [7, 11) is -3.26. The van der Waals surface area contributed by atoms with E-state index in [2.05, 4.69) is 0 Å². The van der Waals surface area contributed by atoms with Gasteiger partial charge in [0.05, 0.1) is 17.9 Å². The molecule has 0 radical (unpaired) electrons. The summed E-state index contributed by atoms with van der Waals surface area (Å²) < 4.78 is 38.7. The van der Waals surface area contributed by atoms with Gasteiger partial charge in [-0.3, -0.25) is 4.79 Å². The van der Waals surface area contributed by atoms with Crippen LogP contribution in [-0.2, 0) is 14.8 Å². The van der Waals surface area contributed by atoms with E-state index in [-0.39, 0.29) is 24.2 Å². The van der Waals surface area contributed by atoms with Crippen LogP contribution in [0.5, 0.6) is 0 Å². The molecule has 1 unspecified atom stereocenters. The number of hydrogen-bond acceptors (Lipinski definition) is 4. The second-order valence-electron chi connectivity index (χ2n) is 6.72. The smallest absolute Gasteiger partial charge is 0.227 e. The number of carbonyl (C=O) groups excluding carboxylic acids is 1. The monoisotopic (exact) mass is 369 g/mol. The Morgan fingerprint density at radius 1 is 1.12 bits per heavy atom. The predicted molar refractivity (Wildman–Crippen MR) is 94.3 cm³/mol. The highest BCUT2D eigenvalue weighted by molar-refractivity contribution is 7.88. The zero-order chi connectivity index (χ0) is 18.0. The lowest BCUT2D eigenvalue weighted by molar-refractivity contribution is -0.137. The third-order valence-corrected chi connectivity index (χ3v) is 6.26. The van der Waals surface area contributed by atoms with Crippen LogP contribution >= 0.6 is 0 Å². The molecule has 1 atom stereocenters. The molecule has 0 aromatic heterocycles. The first-order valence-electron chi connectivity index (χ1n) is 8.59. The molecular weight excluding hydrogens is 345 g/mol. The minimum atomic E-state index is -3.26. The lowest BCUT2D eigenvalue weighted by Crippen LogP contribution is -2.53. The van der Waals surface area contributed by atoms with E-state index in [0.717, 1.165) is 6.42 Å². The molecule has 2 heterocycles. The van der Waals surface area contributed by atoms with E-state index < -0.39 is 10.0 Å². The van der Waals surface area contributed by atoms with Crippen molar-refractivity contribution in [1.82, 2.24) is 9.21 Å². The highest BCUT2D eigenvalue weighted by atomic mass is 32.2. The third kappa shape index (κ3) is 4.12. The Labute approximate surface area is 148 Å². The van der Waals surface area contributed by atoms with Crippen LogP contribution in [0.1, 0.15) is 12.8 Å². The van der Waals surface area contributed by atoms with Crippen LogP contribution in [0.4, 0.5) is 10.1 Å². The lowest BCUT2D eigenvalue weighted by atomic mass is 9.97. The molecule has 2 fully saturated rings. The van der Waals surface area contributed by atoms with E-state index in [1.54, 1.807) is 23.1 Å². The van der Waals surface area contributed by atoms with Gasteiger partial charge in [-0.25, -0.2) is 17.1 Å². The SMILES string of the molecule is CS(=O)(=O)N1CCCC(C(=O)N2CCN(c3ccccc3F)CC2)C1. The molecule has 6 nitrogen and oxygen atoms in total. The fourth-order valence-corrected chi connectivity index (χ4v) is 4.49. The standard InChI is InChI=1S/C17H24FN3O3S/c1-25(23,24)21-8-4-5-14(13-21)17(22)20-11-9-19(10-12-20)16-7-3-2-6-15(16)18/h2-3,6-7,14H,4-5,8-13H2,1H3. The first-order chi connectivity index (χ1) is 11.9. The van der Waals surface area contributed by atoms with Gasteiger partial charge in [0.15, 0.2) is 0 Å². The highest BCUT2D eigenvalue weighted by Crippen LogP contribution is 2.23. The zero-order valence-corrected chi connectivity index (χ0v) is 15.2. The fourth-order valence-electron chi connectivity index (χ4n) is 3.58. The quantitative estimate of drug-likeness (QED) is 0.802. The average molecular weight is 369 g/mol. The molecule has 0 aliphatic carbocycles. The fraction of sp³-hybridized carbons (Fsp3) is 0.588. The van der Waals surface area contributed by atoms with Crippen molar-refractivity contribution in [2.24, 2.45) is 5.92 Å². The summed E-state index contributed by atoms with van der Waals surface area (Å²) in [5.74, 6) is -0.511. The molecule has 25 heavy (non-hydrogen) atoms. The van der Waals surface area contributed by atoms with Gasteiger partial charge in [0.2, 0.25) is 15.9 Å². The summed E-state index contributed by atoms with van der Waals surface area (Å²) in [5, 5.41) is 0. The first kappa shape index (κ1) is 18.1. The summed E-state index contributed by atoms with van der Waals surface area (Å²) in [6, 6.07) is 6.65. The van der Waals surface area contributed by atoms with Crippen molar-refractivity contribution in [2.75, 3.05) is 50.4 Å². The molecule has 0 saturated carbocycles. The number of rotatable bonds is 3. The maximum absolute atomic E-state index is 13.9. The topological polar surface area (TPSA) is 60.9 Å². The molecule has 1 amide bonds. The van der Waals surface area contributed by atoms with Gasteiger partial charge in [0.1, 0.15) is 5.82 Å². The normalized spacial score (nSPS) is 22.9. The van der Waals surface area contributed by atoms with Crippen molar-refractivity contribution in [1.29, 1.82) is 0 Å². The number of sulfonamides is 1. The average Bonchev–Trinajstić information content (AvgIpc) is 2.61. The molecule has 0 bridgehead atoms. The van der Waals surface area contributed by atoms with Gasteiger partial charge in [0, 0.05) is 39.3 Å². The van der Waals surface area contributed by atoms with Gasteiger partial charge in [-0.05, 0) is 25.0 Å². The minimum Gasteiger partial charge on any atom is -0.366 e. The van der Waals surface area contributed by atoms with Crippen LogP contribution in [0.3, 0.4) is 0 Å². The van der Waals surface area contributed by atoms with Crippen molar-refractivity contribution in [3.8, 4) is 0 Å². The molecule has 2 saturated heterocycles. The number of carbonyl (C=O) groups is 1. The minimum absolute atomic E-state index is 0.0153. The van der Waals surface area contributed by atoms with Crippen LogP contribution in [0.15, 0.2) is 24.3 Å². The maximum atomic E-state index is 13.9. The summed E-state index contributed by atoms with van der Waals surface area (Å²) in [6.45, 7) is 2.98. The van der Waals surface area contributed by atoms with Crippen molar-refractivity contribution in [2.45, 2.75) is 12.8 Å².